The predicted octanol–water partition coefficient (Wildman–Crippen LogP) is 1.24. The first-order valence-corrected chi connectivity index (χ1v) is 9.59. The number of halogens is 1. The second-order valence-electron chi connectivity index (χ2n) is 5.68. The highest BCUT2D eigenvalue weighted by molar-refractivity contribution is 7.89. The lowest BCUT2D eigenvalue weighted by atomic mass is 10.2. The molecule has 10 heteroatoms. The summed E-state index contributed by atoms with van der Waals surface area (Å²) in [6, 6.07) is 6.37. The van der Waals surface area contributed by atoms with Gasteiger partial charge in [-0.15, -0.1) is 0 Å². The van der Waals surface area contributed by atoms with Crippen LogP contribution in [-0.4, -0.2) is 61.7 Å². The van der Waals surface area contributed by atoms with Gasteiger partial charge < -0.3 is 9.64 Å². The van der Waals surface area contributed by atoms with Crippen molar-refractivity contribution in [1.29, 1.82) is 0 Å². The summed E-state index contributed by atoms with van der Waals surface area (Å²) < 4.78 is 45.7. The van der Waals surface area contributed by atoms with E-state index in [0.29, 0.717) is 18.8 Å². The van der Waals surface area contributed by atoms with E-state index >= 15 is 0 Å². The molecule has 0 spiro atoms. The van der Waals surface area contributed by atoms with Crippen molar-refractivity contribution in [3.05, 3.63) is 41.8 Å². The molecule has 3 rings (SSSR count). The van der Waals surface area contributed by atoms with Crippen molar-refractivity contribution in [3.63, 3.8) is 0 Å². The van der Waals surface area contributed by atoms with Gasteiger partial charge in [0.25, 0.3) is 10.0 Å². The number of hydrogen-bond acceptors (Lipinski definition) is 6. The Hall–Kier alpha value is -2.46. The Kier molecular flexibility index (Phi) is 5.23. The molecule has 26 heavy (non-hydrogen) atoms. The van der Waals surface area contributed by atoms with E-state index in [9.17, 15) is 17.6 Å². The molecule has 1 saturated heterocycles. The van der Waals surface area contributed by atoms with E-state index in [0.717, 1.165) is 6.20 Å². The second-order valence-corrected chi connectivity index (χ2v) is 7.55. The van der Waals surface area contributed by atoms with Gasteiger partial charge in [0.1, 0.15) is 11.4 Å². The standard InChI is InChI=1S/C16H19FN4O4S/c1-2-25-16(22)12-11-18-19-15(12)26(23,24)21-9-7-20(8-10-21)14-6-4-3-5-13(14)17/h3-6,11H,2,7-10H2,1H3,(H,18,19). The fourth-order valence-electron chi connectivity index (χ4n) is 2.83. The van der Waals surface area contributed by atoms with E-state index in [2.05, 4.69) is 10.2 Å². The van der Waals surface area contributed by atoms with Crippen LogP contribution in [-0.2, 0) is 14.8 Å². The van der Waals surface area contributed by atoms with E-state index in [4.69, 9.17) is 4.74 Å². The lowest BCUT2D eigenvalue weighted by molar-refractivity contribution is 0.0521. The largest absolute Gasteiger partial charge is 0.462 e. The molecule has 8 nitrogen and oxygen atoms in total. The zero-order valence-corrected chi connectivity index (χ0v) is 15.0. The molecule has 0 amide bonds. The highest BCUT2D eigenvalue weighted by atomic mass is 32.2. The van der Waals surface area contributed by atoms with Crippen LogP contribution in [0.15, 0.2) is 35.5 Å². The SMILES string of the molecule is CCOC(=O)c1cn[nH]c1S(=O)(=O)N1CCN(c2ccccc2F)CC1. The van der Waals surface area contributed by atoms with Gasteiger partial charge in [-0.25, -0.2) is 17.6 Å². The highest BCUT2D eigenvalue weighted by Crippen LogP contribution is 2.24. The number of rotatable bonds is 5. The monoisotopic (exact) mass is 382 g/mol. The average molecular weight is 382 g/mol. The molecule has 1 aromatic carbocycles. The number of H-pyrrole nitrogens is 1. The molecule has 1 aliphatic rings. The molecule has 1 N–H and O–H groups in total. The van der Waals surface area contributed by atoms with E-state index in [1.807, 2.05) is 0 Å². The molecular weight excluding hydrogens is 363 g/mol. The Morgan fingerprint density at radius 2 is 1.96 bits per heavy atom. The topological polar surface area (TPSA) is 95.6 Å². The Bertz CT molecular complexity index is 891. The van der Waals surface area contributed by atoms with Gasteiger partial charge >= 0.3 is 5.97 Å². The maximum atomic E-state index is 13.9. The maximum absolute atomic E-state index is 13.9. The molecule has 0 atom stereocenters. The third-order valence-electron chi connectivity index (χ3n) is 4.13. The highest BCUT2D eigenvalue weighted by Gasteiger charge is 2.34. The minimum Gasteiger partial charge on any atom is -0.462 e. The number of aromatic amines is 1. The van der Waals surface area contributed by atoms with Crippen molar-refractivity contribution in [2.45, 2.75) is 11.9 Å². The van der Waals surface area contributed by atoms with Crippen molar-refractivity contribution in [3.8, 4) is 0 Å². The normalized spacial score (nSPS) is 15.8. The van der Waals surface area contributed by atoms with Crippen LogP contribution in [0.4, 0.5) is 10.1 Å². The van der Waals surface area contributed by atoms with Crippen LogP contribution in [0.25, 0.3) is 0 Å². The molecule has 0 saturated carbocycles. The van der Waals surface area contributed by atoms with Gasteiger partial charge in [-0.05, 0) is 19.1 Å². The molecule has 0 aliphatic carbocycles. The predicted molar refractivity (Wildman–Crippen MR) is 91.9 cm³/mol. The van der Waals surface area contributed by atoms with Gasteiger partial charge in [0, 0.05) is 26.2 Å². The number of ether oxygens (including phenoxy) is 1. The summed E-state index contributed by atoms with van der Waals surface area (Å²) in [5, 5.41) is 5.77. The number of benzene rings is 1. The molecule has 0 bridgehead atoms. The van der Waals surface area contributed by atoms with Crippen LogP contribution in [0.5, 0.6) is 0 Å². The minimum atomic E-state index is -3.93. The van der Waals surface area contributed by atoms with Gasteiger partial charge in [-0.2, -0.15) is 9.40 Å². The van der Waals surface area contributed by atoms with Crippen LogP contribution < -0.4 is 4.90 Å². The number of para-hydroxylation sites is 1. The lowest BCUT2D eigenvalue weighted by Crippen LogP contribution is -2.49. The number of aromatic nitrogens is 2. The number of nitrogens with one attached hydrogen (secondary N) is 1. The molecule has 1 aliphatic heterocycles. The van der Waals surface area contributed by atoms with E-state index in [1.165, 1.54) is 10.4 Å². The number of sulfonamides is 1. The van der Waals surface area contributed by atoms with Crippen LogP contribution in [0.1, 0.15) is 17.3 Å². The summed E-state index contributed by atoms with van der Waals surface area (Å²) in [7, 11) is -3.93. The third-order valence-corrected chi connectivity index (χ3v) is 6.00. The number of hydrogen-bond donors (Lipinski definition) is 1. The quantitative estimate of drug-likeness (QED) is 0.782. The van der Waals surface area contributed by atoms with Crippen molar-refractivity contribution >= 4 is 21.7 Å². The second kappa shape index (κ2) is 7.42. The minimum absolute atomic E-state index is 0.122. The molecule has 140 valence electrons. The van der Waals surface area contributed by atoms with Gasteiger partial charge in [-0.3, -0.25) is 5.10 Å². The van der Waals surface area contributed by atoms with Crippen LogP contribution in [0.3, 0.4) is 0 Å². The van der Waals surface area contributed by atoms with Crippen molar-refractivity contribution in [1.82, 2.24) is 14.5 Å². The Morgan fingerprint density at radius 1 is 1.27 bits per heavy atom. The van der Waals surface area contributed by atoms with Gasteiger partial charge in [0.2, 0.25) is 0 Å². The van der Waals surface area contributed by atoms with Gasteiger partial charge in [0.15, 0.2) is 5.03 Å². The first-order chi connectivity index (χ1) is 12.4. The third kappa shape index (κ3) is 3.42. The molecule has 2 heterocycles. The maximum Gasteiger partial charge on any atom is 0.342 e. The zero-order valence-electron chi connectivity index (χ0n) is 14.2. The fraction of sp³-hybridized carbons (Fsp3) is 0.375. The summed E-state index contributed by atoms with van der Waals surface area (Å²) in [6.07, 6.45) is 1.14. The van der Waals surface area contributed by atoms with Gasteiger partial charge in [-0.1, -0.05) is 12.1 Å². The number of esters is 1. The summed E-state index contributed by atoms with van der Waals surface area (Å²) in [5.41, 5.74) is 0.321. The number of carbonyl (C=O) groups excluding carboxylic acids is 1. The summed E-state index contributed by atoms with van der Waals surface area (Å²) in [6.45, 7) is 2.76. The van der Waals surface area contributed by atoms with Crippen LogP contribution in [0, 0.1) is 5.82 Å². The number of piperazine rings is 1. The van der Waals surface area contributed by atoms with E-state index < -0.39 is 16.0 Å². The number of anilines is 1. The number of carbonyl (C=O) groups is 1. The fourth-order valence-corrected chi connectivity index (χ4v) is 4.32. The lowest BCUT2D eigenvalue weighted by Gasteiger charge is -2.35. The van der Waals surface area contributed by atoms with Crippen molar-refractivity contribution in [2.24, 2.45) is 0 Å². The zero-order chi connectivity index (χ0) is 18.7. The molecule has 0 radical (unpaired) electrons. The smallest absolute Gasteiger partial charge is 0.342 e. The molecule has 2 aromatic rings. The summed E-state index contributed by atoms with van der Waals surface area (Å²) in [5.74, 6) is -1.09. The summed E-state index contributed by atoms with van der Waals surface area (Å²) >= 11 is 0. The van der Waals surface area contributed by atoms with Crippen molar-refractivity contribution < 1.29 is 22.3 Å². The summed E-state index contributed by atoms with van der Waals surface area (Å²) in [4.78, 5) is 13.7. The van der Waals surface area contributed by atoms with E-state index in [1.54, 1.807) is 30.0 Å². The first kappa shape index (κ1) is 18.3. The molecule has 0 unspecified atom stereocenters. The van der Waals surface area contributed by atoms with E-state index in [-0.39, 0.29) is 36.1 Å². The van der Waals surface area contributed by atoms with Crippen molar-refractivity contribution in [2.75, 3.05) is 37.7 Å². The number of nitrogens with zero attached hydrogens (tertiary/aromatic N) is 3. The molecule has 1 fully saturated rings. The Labute approximate surface area is 150 Å². The Balaban J connectivity index is 1.76. The van der Waals surface area contributed by atoms with Crippen LogP contribution >= 0.6 is 0 Å². The first-order valence-electron chi connectivity index (χ1n) is 8.15. The van der Waals surface area contributed by atoms with Gasteiger partial charge in [0.05, 0.1) is 18.5 Å². The Morgan fingerprint density at radius 3 is 2.62 bits per heavy atom. The van der Waals surface area contributed by atoms with Crippen LogP contribution in [0.2, 0.25) is 0 Å². The average Bonchev–Trinajstić information content (AvgIpc) is 3.13. The molecular formula is C16H19FN4O4S. The molecule has 1 aromatic heterocycles.